The van der Waals surface area contributed by atoms with Crippen LogP contribution in [-0.4, -0.2) is 24.4 Å². The fourth-order valence-corrected chi connectivity index (χ4v) is 2.18. The van der Waals surface area contributed by atoms with E-state index in [0.717, 1.165) is 12.8 Å². The molecule has 6 nitrogen and oxygen atoms in total. The first kappa shape index (κ1) is 15.8. The highest BCUT2D eigenvalue weighted by Crippen LogP contribution is 2.19. The smallest absolute Gasteiger partial charge is 0.309 e. The van der Waals surface area contributed by atoms with Gasteiger partial charge in [-0.05, 0) is 43.5 Å². The Hall–Kier alpha value is -2.63. The molecule has 0 saturated heterocycles. The van der Waals surface area contributed by atoms with Crippen LogP contribution < -0.4 is 11.1 Å². The molecule has 0 radical (unpaired) electrons. The molecule has 0 bridgehead atoms. The number of allylic oxidation sites excluding steroid dienone is 2. The first-order valence-electron chi connectivity index (χ1n) is 7.07. The lowest BCUT2D eigenvalue weighted by atomic mass is 9.95. The number of nitrogens with one attached hydrogen (secondary N) is 1. The van der Waals surface area contributed by atoms with Gasteiger partial charge in [-0.15, -0.1) is 0 Å². The Balaban J connectivity index is 1.78. The molecule has 1 aromatic carbocycles. The SMILES string of the molecule is NC(=O)c1ccc(NC(=O)COC(=O)[C@H]2CC=CCC2)cc1. The van der Waals surface area contributed by atoms with Gasteiger partial charge in [-0.3, -0.25) is 14.4 Å². The van der Waals surface area contributed by atoms with E-state index in [0.29, 0.717) is 17.7 Å². The maximum absolute atomic E-state index is 11.8. The molecule has 2 amide bonds. The van der Waals surface area contributed by atoms with Gasteiger partial charge in [0.15, 0.2) is 6.61 Å². The largest absolute Gasteiger partial charge is 0.455 e. The zero-order valence-electron chi connectivity index (χ0n) is 12.1. The normalized spacial score (nSPS) is 16.8. The van der Waals surface area contributed by atoms with Crippen LogP contribution in [0.25, 0.3) is 0 Å². The highest BCUT2D eigenvalue weighted by Gasteiger charge is 2.20. The van der Waals surface area contributed by atoms with Crippen LogP contribution >= 0.6 is 0 Å². The summed E-state index contributed by atoms with van der Waals surface area (Å²) in [7, 11) is 0. The van der Waals surface area contributed by atoms with Crippen LogP contribution in [0, 0.1) is 5.92 Å². The summed E-state index contributed by atoms with van der Waals surface area (Å²) in [4.78, 5) is 34.4. The van der Waals surface area contributed by atoms with E-state index in [1.165, 1.54) is 12.1 Å². The minimum absolute atomic E-state index is 0.160. The third-order valence-corrected chi connectivity index (χ3v) is 3.40. The molecule has 2 rings (SSSR count). The Bertz CT molecular complexity index is 593. The second kappa shape index (κ2) is 7.40. The fraction of sp³-hybridized carbons (Fsp3) is 0.312. The number of benzene rings is 1. The maximum Gasteiger partial charge on any atom is 0.309 e. The number of hydrogen-bond acceptors (Lipinski definition) is 4. The minimum atomic E-state index is -0.534. The molecule has 0 unspecified atom stereocenters. The van der Waals surface area contributed by atoms with Gasteiger partial charge in [-0.2, -0.15) is 0 Å². The average Bonchev–Trinajstić information content (AvgIpc) is 2.54. The molecular weight excluding hydrogens is 284 g/mol. The molecular formula is C16H18N2O4. The first-order chi connectivity index (χ1) is 10.6. The summed E-state index contributed by atoms with van der Waals surface area (Å²) in [6, 6.07) is 6.15. The molecule has 0 saturated carbocycles. The lowest BCUT2D eigenvalue weighted by Crippen LogP contribution is -2.25. The summed E-state index contributed by atoms with van der Waals surface area (Å²) in [5, 5.41) is 2.58. The lowest BCUT2D eigenvalue weighted by Gasteiger charge is -2.16. The molecule has 6 heteroatoms. The van der Waals surface area contributed by atoms with Crippen molar-refractivity contribution in [3.05, 3.63) is 42.0 Å². The van der Waals surface area contributed by atoms with Crippen LogP contribution in [-0.2, 0) is 14.3 Å². The number of carbonyl (C=O) groups is 3. The van der Waals surface area contributed by atoms with E-state index < -0.39 is 11.8 Å². The molecule has 1 aliphatic rings. The molecule has 1 atom stereocenters. The molecule has 116 valence electrons. The van der Waals surface area contributed by atoms with Crippen molar-refractivity contribution < 1.29 is 19.1 Å². The number of nitrogens with two attached hydrogens (primary N) is 1. The Labute approximate surface area is 128 Å². The quantitative estimate of drug-likeness (QED) is 0.638. The Morgan fingerprint density at radius 3 is 2.50 bits per heavy atom. The van der Waals surface area contributed by atoms with E-state index >= 15 is 0 Å². The number of hydrogen-bond donors (Lipinski definition) is 2. The van der Waals surface area contributed by atoms with Crippen LogP contribution in [0.1, 0.15) is 29.6 Å². The lowest BCUT2D eigenvalue weighted by molar-refractivity contribution is -0.151. The van der Waals surface area contributed by atoms with Gasteiger partial charge in [0, 0.05) is 11.3 Å². The molecule has 0 heterocycles. The van der Waals surface area contributed by atoms with Crippen molar-refractivity contribution in [3.8, 4) is 0 Å². The molecule has 3 N–H and O–H groups in total. The van der Waals surface area contributed by atoms with Crippen molar-refractivity contribution in [2.24, 2.45) is 11.7 Å². The van der Waals surface area contributed by atoms with Crippen molar-refractivity contribution in [1.29, 1.82) is 0 Å². The first-order valence-corrected chi connectivity index (χ1v) is 7.07. The van der Waals surface area contributed by atoms with Crippen LogP contribution in [0.3, 0.4) is 0 Å². The number of ether oxygens (including phenoxy) is 1. The van der Waals surface area contributed by atoms with Crippen molar-refractivity contribution >= 4 is 23.5 Å². The molecule has 0 spiro atoms. The zero-order valence-corrected chi connectivity index (χ0v) is 12.1. The number of rotatable bonds is 5. The van der Waals surface area contributed by atoms with Crippen LogP contribution in [0.5, 0.6) is 0 Å². The number of amides is 2. The molecule has 1 aliphatic carbocycles. The number of primary amides is 1. The van der Waals surface area contributed by atoms with Gasteiger partial charge in [-0.25, -0.2) is 0 Å². The average molecular weight is 302 g/mol. The van der Waals surface area contributed by atoms with Gasteiger partial charge < -0.3 is 15.8 Å². The maximum atomic E-state index is 11.8. The number of anilines is 1. The molecule has 1 aromatic rings. The monoisotopic (exact) mass is 302 g/mol. The summed E-state index contributed by atoms with van der Waals surface area (Å²) in [6.45, 7) is -0.323. The van der Waals surface area contributed by atoms with Crippen LogP contribution in [0.15, 0.2) is 36.4 Å². The molecule has 0 fully saturated rings. The minimum Gasteiger partial charge on any atom is -0.455 e. The van der Waals surface area contributed by atoms with E-state index in [1.807, 2.05) is 12.2 Å². The molecule has 0 aromatic heterocycles. The van der Waals surface area contributed by atoms with Crippen molar-refractivity contribution in [1.82, 2.24) is 0 Å². The summed E-state index contributed by atoms with van der Waals surface area (Å²) < 4.78 is 5.02. The zero-order chi connectivity index (χ0) is 15.9. The van der Waals surface area contributed by atoms with E-state index in [9.17, 15) is 14.4 Å². The van der Waals surface area contributed by atoms with Crippen LogP contribution in [0.2, 0.25) is 0 Å². The predicted molar refractivity (Wildman–Crippen MR) is 81.0 cm³/mol. The standard InChI is InChI=1S/C16H18N2O4/c17-15(20)11-6-8-13(9-7-11)18-14(19)10-22-16(21)12-4-2-1-3-5-12/h1-2,6-9,12H,3-5,10H2,(H2,17,20)(H,18,19)/t12-/m0/s1. The molecule has 22 heavy (non-hydrogen) atoms. The van der Waals surface area contributed by atoms with Crippen molar-refractivity contribution in [2.75, 3.05) is 11.9 Å². The third kappa shape index (κ3) is 4.44. The van der Waals surface area contributed by atoms with E-state index in [2.05, 4.69) is 5.32 Å². The van der Waals surface area contributed by atoms with Gasteiger partial charge in [0.05, 0.1) is 5.92 Å². The summed E-state index contributed by atoms with van der Waals surface area (Å²) >= 11 is 0. The highest BCUT2D eigenvalue weighted by atomic mass is 16.5. The van der Waals surface area contributed by atoms with Gasteiger partial charge in [0.25, 0.3) is 5.91 Å². The second-order valence-electron chi connectivity index (χ2n) is 5.08. The van der Waals surface area contributed by atoms with Crippen LogP contribution in [0.4, 0.5) is 5.69 Å². The number of carbonyl (C=O) groups excluding carboxylic acids is 3. The third-order valence-electron chi connectivity index (χ3n) is 3.40. The van der Waals surface area contributed by atoms with E-state index in [4.69, 9.17) is 10.5 Å². The Morgan fingerprint density at radius 1 is 1.18 bits per heavy atom. The second-order valence-corrected chi connectivity index (χ2v) is 5.08. The Morgan fingerprint density at radius 2 is 1.91 bits per heavy atom. The van der Waals surface area contributed by atoms with Crippen molar-refractivity contribution in [3.63, 3.8) is 0 Å². The van der Waals surface area contributed by atoms with E-state index in [1.54, 1.807) is 12.1 Å². The summed E-state index contributed by atoms with van der Waals surface area (Å²) in [5.74, 6) is -1.46. The predicted octanol–water partition coefficient (Wildman–Crippen LogP) is 1.62. The fourth-order valence-electron chi connectivity index (χ4n) is 2.18. The summed E-state index contributed by atoms with van der Waals surface area (Å²) in [5.41, 5.74) is 5.99. The van der Waals surface area contributed by atoms with Gasteiger partial charge >= 0.3 is 5.97 Å². The van der Waals surface area contributed by atoms with Gasteiger partial charge in [0.1, 0.15) is 0 Å². The van der Waals surface area contributed by atoms with E-state index in [-0.39, 0.29) is 18.5 Å². The van der Waals surface area contributed by atoms with Gasteiger partial charge in [0.2, 0.25) is 5.91 Å². The van der Waals surface area contributed by atoms with Gasteiger partial charge in [-0.1, -0.05) is 12.2 Å². The highest BCUT2D eigenvalue weighted by molar-refractivity contribution is 5.95. The Kier molecular flexibility index (Phi) is 5.30. The molecule has 0 aliphatic heterocycles. The summed E-state index contributed by atoms with van der Waals surface area (Å²) in [6.07, 6.45) is 6.26. The van der Waals surface area contributed by atoms with Crippen molar-refractivity contribution in [2.45, 2.75) is 19.3 Å². The number of esters is 1. The topological polar surface area (TPSA) is 98.5 Å².